The maximum atomic E-state index is 8.97. The Morgan fingerprint density at radius 1 is 1.54 bits per heavy atom. The van der Waals surface area contributed by atoms with E-state index in [2.05, 4.69) is 23.8 Å². The normalized spacial score (nSPS) is 9.38. The molecule has 0 saturated carbocycles. The fraction of sp³-hybridized carbons (Fsp3) is 0.300. The number of aromatic hydroxyl groups is 1. The van der Waals surface area contributed by atoms with Crippen LogP contribution in [0.4, 0.5) is 0 Å². The van der Waals surface area contributed by atoms with Gasteiger partial charge in [-0.3, -0.25) is 0 Å². The zero-order chi connectivity index (χ0) is 9.68. The van der Waals surface area contributed by atoms with Gasteiger partial charge in [0.25, 0.3) is 0 Å². The van der Waals surface area contributed by atoms with Gasteiger partial charge in [-0.1, -0.05) is 20.3 Å². The highest BCUT2D eigenvalue weighted by atomic mass is 16.3. The lowest BCUT2D eigenvalue weighted by molar-refractivity contribution is 0.474. The number of fused-ring (bicyclic) bond motifs is 1. The van der Waals surface area contributed by atoms with Crippen molar-refractivity contribution in [2.24, 2.45) is 0 Å². The lowest BCUT2D eigenvalue weighted by Gasteiger charge is -1.88. The number of nitrogens with zero attached hydrogens (tertiary/aromatic N) is 1. The van der Waals surface area contributed by atoms with Gasteiger partial charge in [0, 0.05) is 13.0 Å². The Morgan fingerprint density at radius 3 is 2.92 bits per heavy atom. The van der Waals surface area contributed by atoms with E-state index in [1.807, 2.05) is 6.07 Å². The van der Waals surface area contributed by atoms with E-state index >= 15 is 0 Å². The molecule has 2 aromatic heterocycles. The largest absolute Gasteiger partial charge is 0.506 e. The van der Waals surface area contributed by atoms with Crippen LogP contribution in [-0.2, 0) is 0 Å². The number of hydrogen-bond acceptors (Lipinski definition) is 2. The molecular formula is C10H16N2O. The van der Waals surface area contributed by atoms with Gasteiger partial charge in [0.15, 0.2) is 0 Å². The van der Waals surface area contributed by atoms with E-state index in [0.29, 0.717) is 0 Å². The van der Waals surface area contributed by atoms with Crippen LogP contribution >= 0.6 is 0 Å². The summed E-state index contributed by atoms with van der Waals surface area (Å²) in [6, 6.07) is 3.53. The molecule has 0 amide bonds. The third-order valence-corrected chi connectivity index (χ3v) is 1.39. The van der Waals surface area contributed by atoms with Crippen LogP contribution in [0, 0.1) is 0 Å². The summed E-state index contributed by atoms with van der Waals surface area (Å²) >= 11 is 0. The molecule has 13 heavy (non-hydrogen) atoms. The van der Waals surface area contributed by atoms with Gasteiger partial charge in [-0.15, -0.1) is 0 Å². The molecule has 0 aliphatic carbocycles. The van der Waals surface area contributed by atoms with Crippen molar-refractivity contribution in [2.45, 2.75) is 20.3 Å². The number of aromatic amines is 1. The first-order valence-electron chi connectivity index (χ1n) is 4.40. The lowest BCUT2D eigenvalue weighted by Crippen LogP contribution is -1.73. The van der Waals surface area contributed by atoms with Gasteiger partial charge in [-0.2, -0.15) is 0 Å². The molecule has 2 heterocycles. The van der Waals surface area contributed by atoms with Gasteiger partial charge in [-0.05, 0) is 12.1 Å². The van der Waals surface area contributed by atoms with Gasteiger partial charge < -0.3 is 10.1 Å². The van der Waals surface area contributed by atoms with E-state index in [0.717, 1.165) is 11.0 Å². The van der Waals surface area contributed by atoms with Crippen LogP contribution in [0.2, 0.25) is 0 Å². The van der Waals surface area contributed by atoms with Crippen LogP contribution in [0.3, 0.4) is 0 Å². The standard InChI is InChI=1S/C7H6N2O.C3H8.H2/c10-6-3-5-1-2-8-7(5)9-4-6;1-3-2;/h1-4,10H,(H,8,9);3H2,1-2H3;1H. The third-order valence-electron chi connectivity index (χ3n) is 1.39. The van der Waals surface area contributed by atoms with Gasteiger partial charge in [0.05, 0.1) is 6.20 Å². The van der Waals surface area contributed by atoms with Crippen molar-refractivity contribution >= 4 is 11.0 Å². The molecule has 2 N–H and O–H groups in total. The van der Waals surface area contributed by atoms with Crippen LogP contribution in [-0.4, -0.2) is 15.1 Å². The highest BCUT2D eigenvalue weighted by Gasteiger charge is 1.94. The molecule has 0 fully saturated rings. The zero-order valence-corrected chi connectivity index (χ0v) is 7.91. The predicted octanol–water partition coefficient (Wildman–Crippen LogP) is 2.93. The molecule has 2 rings (SSSR count). The second-order valence-corrected chi connectivity index (χ2v) is 2.82. The van der Waals surface area contributed by atoms with Crippen LogP contribution in [0.1, 0.15) is 21.7 Å². The molecule has 0 aliphatic heterocycles. The molecule has 2 aromatic rings. The third kappa shape index (κ3) is 2.47. The second kappa shape index (κ2) is 4.50. The van der Waals surface area contributed by atoms with Gasteiger partial charge in [0.2, 0.25) is 0 Å². The molecule has 0 unspecified atom stereocenters. The minimum atomic E-state index is 0. The number of rotatable bonds is 0. The summed E-state index contributed by atoms with van der Waals surface area (Å²) in [4.78, 5) is 6.86. The predicted molar refractivity (Wildman–Crippen MR) is 55.8 cm³/mol. The molecule has 0 radical (unpaired) electrons. The van der Waals surface area contributed by atoms with E-state index in [1.165, 1.54) is 12.6 Å². The zero-order valence-electron chi connectivity index (χ0n) is 7.91. The topological polar surface area (TPSA) is 48.9 Å². The van der Waals surface area contributed by atoms with Crippen LogP contribution in [0.25, 0.3) is 11.0 Å². The van der Waals surface area contributed by atoms with Crippen molar-refractivity contribution in [3.63, 3.8) is 0 Å². The molecule has 0 atom stereocenters. The maximum Gasteiger partial charge on any atom is 0.137 e. The lowest BCUT2D eigenvalue weighted by atomic mass is 10.3. The molecular weight excluding hydrogens is 164 g/mol. The smallest absolute Gasteiger partial charge is 0.137 e. The first kappa shape index (κ1) is 9.58. The highest BCUT2D eigenvalue weighted by Crippen LogP contribution is 2.14. The summed E-state index contributed by atoms with van der Waals surface area (Å²) in [6.07, 6.45) is 4.45. The van der Waals surface area contributed by atoms with Gasteiger partial charge in [-0.25, -0.2) is 4.98 Å². The van der Waals surface area contributed by atoms with Crippen molar-refractivity contribution in [2.75, 3.05) is 0 Å². The minimum Gasteiger partial charge on any atom is -0.506 e. The van der Waals surface area contributed by atoms with Crippen LogP contribution < -0.4 is 0 Å². The first-order chi connectivity index (χ1) is 6.27. The van der Waals surface area contributed by atoms with Crippen molar-refractivity contribution in [1.82, 2.24) is 9.97 Å². The minimum absolute atomic E-state index is 0. The van der Waals surface area contributed by atoms with E-state index in [1.54, 1.807) is 12.3 Å². The average molecular weight is 180 g/mol. The quantitative estimate of drug-likeness (QED) is 0.654. The highest BCUT2D eigenvalue weighted by molar-refractivity contribution is 5.76. The Balaban J connectivity index is 0.000000381. The number of pyridine rings is 1. The summed E-state index contributed by atoms with van der Waals surface area (Å²) in [6.45, 7) is 4.25. The van der Waals surface area contributed by atoms with E-state index in [4.69, 9.17) is 5.11 Å². The van der Waals surface area contributed by atoms with E-state index in [9.17, 15) is 0 Å². The molecule has 0 spiro atoms. The van der Waals surface area contributed by atoms with Crippen LogP contribution in [0.5, 0.6) is 5.75 Å². The van der Waals surface area contributed by atoms with E-state index in [-0.39, 0.29) is 7.18 Å². The summed E-state index contributed by atoms with van der Waals surface area (Å²) in [5.41, 5.74) is 0.804. The number of nitrogens with one attached hydrogen (secondary N) is 1. The maximum absolute atomic E-state index is 8.97. The Bertz CT molecular complexity index is 373. The molecule has 3 heteroatoms. The second-order valence-electron chi connectivity index (χ2n) is 2.82. The molecule has 0 bridgehead atoms. The van der Waals surface area contributed by atoms with Gasteiger partial charge >= 0.3 is 0 Å². The Kier molecular flexibility index (Phi) is 3.31. The Hall–Kier alpha value is -1.51. The fourth-order valence-electron chi connectivity index (χ4n) is 0.928. The SMILES string of the molecule is CCC.Oc1cnc2[nH]ccc2c1.[HH]. The number of aromatic nitrogens is 2. The van der Waals surface area contributed by atoms with Crippen molar-refractivity contribution < 1.29 is 6.53 Å². The molecule has 0 aliphatic rings. The van der Waals surface area contributed by atoms with Crippen molar-refractivity contribution in [3.8, 4) is 5.75 Å². The molecule has 0 saturated heterocycles. The van der Waals surface area contributed by atoms with E-state index < -0.39 is 0 Å². The molecule has 72 valence electrons. The fourth-order valence-corrected chi connectivity index (χ4v) is 0.928. The summed E-state index contributed by atoms with van der Waals surface area (Å²) < 4.78 is 0. The summed E-state index contributed by atoms with van der Waals surface area (Å²) in [7, 11) is 0. The average Bonchev–Trinajstić information content (AvgIpc) is 2.52. The van der Waals surface area contributed by atoms with Gasteiger partial charge in [0.1, 0.15) is 11.4 Å². The monoisotopic (exact) mass is 180 g/mol. The van der Waals surface area contributed by atoms with Crippen LogP contribution in [0.15, 0.2) is 24.5 Å². The van der Waals surface area contributed by atoms with Crippen molar-refractivity contribution in [3.05, 3.63) is 24.5 Å². The number of H-pyrrole nitrogens is 1. The molecule has 0 aromatic carbocycles. The first-order valence-corrected chi connectivity index (χ1v) is 4.40. The summed E-state index contributed by atoms with van der Waals surface area (Å²) in [5, 5.41) is 9.90. The number of hydrogen-bond donors (Lipinski definition) is 2. The van der Waals surface area contributed by atoms with Crippen molar-refractivity contribution in [1.29, 1.82) is 0 Å². The summed E-state index contributed by atoms with van der Waals surface area (Å²) in [5.74, 6) is 0.201. The molecule has 3 nitrogen and oxygen atoms in total. The Labute approximate surface area is 78.9 Å². The Morgan fingerprint density at radius 2 is 2.23 bits per heavy atom.